The Hall–Kier alpha value is -1.38. The Balaban J connectivity index is 2.09. The summed E-state index contributed by atoms with van der Waals surface area (Å²) < 4.78 is 11.2. The van der Waals surface area contributed by atoms with Crippen molar-refractivity contribution in [3.05, 3.63) is 18.2 Å². The third-order valence-electron chi connectivity index (χ3n) is 3.03. The Bertz CT molecular complexity index is 346. The van der Waals surface area contributed by atoms with Crippen LogP contribution >= 0.6 is 0 Å². The van der Waals surface area contributed by atoms with Crippen molar-refractivity contribution in [2.45, 2.75) is 38.2 Å². The van der Waals surface area contributed by atoms with Gasteiger partial charge in [0.15, 0.2) is 11.5 Å². The highest BCUT2D eigenvalue weighted by Crippen LogP contribution is 2.32. The fraction of sp³-hybridized carbons (Fsp3) is 0.538. The number of hydrogen-bond acceptors (Lipinski definition) is 3. The molecule has 0 unspecified atom stereocenters. The molecule has 0 atom stereocenters. The molecule has 0 aromatic heterocycles. The van der Waals surface area contributed by atoms with Crippen LogP contribution < -0.4 is 15.2 Å². The van der Waals surface area contributed by atoms with Crippen molar-refractivity contribution in [2.24, 2.45) is 0 Å². The summed E-state index contributed by atoms with van der Waals surface area (Å²) in [5.41, 5.74) is 6.47. The molecule has 0 radical (unpaired) electrons. The fourth-order valence-electron chi connectivity index (χ4n) is 2.15. The van der Waals surface area contributed by atoms with Crippen LogP contribution in [-0.2, 0) is 0 Å². The molecule has 1 aromatic rings. The van der Waals surface area contributed by atoms with Gasteiger partial charge >= 0.3 is 0 Å². The second kappa shape index (κ2) is 5.10. The van der Waals surface area contributed by atoms with E-state index in [0.717, 1.165) is 24.3 Å². The molecule has 88 valence electrons. The van der Waals surface area contributed by atoms with Crippen molar-refractivity contribution >= 4 is 5.69 Å². The minimum Gasteiger partial charge on any atom is -0.493 e. The summed E-state index contributed by atoms with van der Waals surface area (Å²) in [6.07, 6.45) is 6.44. The lowest BCUT2D eigenvalue weighted by atomic mass is 9.98. The van der Waals surface area contributed by atoms with Crippen molar-refractivity contribution in [1.82, 2.24) is 0 Å². The second-order valence-corrected chi connectivity index (χ2v) is 4.29. The van der Waals surface area contributed by atoms with E-state index in [4.69, 9.17) is 15.2 Å². The topological polar surface area (TPSA) is 44.5 Å². The molecular formula is C13H19NO2. The first kappa shape index (κ1) is 11.1. The van der Waals surface area contributed by atoms with Crippen molar-refractivity contribution in [1.29, 1.82) is 0 Å². The van der Waals surface area contributed by atoms with Crippen LogP contribution in [0.3, 0.4) is 0 Å². The van der Waals surface area contributed by atoms with Gasteiger partial charge in [-0.1, -0.05) is 6.42 Å². The zero-order valence-corrected chi connectivity index (χ0v) is 9.74. The third-order valence-corrected chi connectivity index (χ3v) is 3.03. The lowest BCUT2D eigenvalue weighted by molar-refractivity contribution is 0.149. The predicted octanol–water partition coefficient (Wildman–Crippen LogP) is 2.99. The lowest BCUT2D eigenvalue weighted by Gasteiger charge is -2.24. The van der Waals surface area contributed by atoms with E-state index in [2.05, 4.69) is 0 Å². The normalized spacial score (nSPS) is 17.1. The maximum Gasteiger partial charge on any atom is 0.163 e. The maximum atomic E-state index is 5.95. The molecule has 0 amide bonds. The smallest absolute Gasteiger partial charge is 0.163 e. The average molecular weight is 221 g/mol. The van der Waals surface area contributed by atoms with Gasteiger partial charge in [0.1, 0.15) is 0 Å². The summed E-state index contributed by atoms with van der Waals surface area (Å²) in [5, 5.41) is 0. The highest BCUT2D eigenvalue weighted by atomic mass is 16.5. The summed E-state index contributed by atoms with van der Waals surface area (Å²) in [5.74, 6) is 1.54. The van der Waals surface area contributed by atoms with Crippen molar-refractivity contribution in [2.75, 3.05) is 12.8 Å². The molecule has 2 N–H and O–H groups in total. The van der Waals surface area contributed by atoms with Crippen LogP contribution in [0.5, 0.6) is 11.5 Å². The summed E-state index contributed by atoms with van der Waals surface area (Å²) in [6.45, 7) is 0. The largest absolute Gasteiger partial charge is 0.493 e. The molecule has 0 spiro atoms. The summed E-state index contributed by atoms with van der Waals surface area (Å²) in [7, 11) is 1.65. The van der Waals surface area contributed by atoms with Gasteiger partial charge in [0.05, 0.1) is 13.2 Å². The Morgan fingerprint density at radius 2 is 1.88 bits per heavy atom. The first-order chi connectivity index (χ1) is 7.79. The van der Waals surface area contributed by atoms with E-state index in [9.17, 15) is 0 Å². The van der Waals surface area contributed by atoms with E-state index in [1.54, 1.807) is 7.11 Å². The van der Waals surface area contributed by atoms with E-state index in [1.165, 1.54) is 19.3 Å². The third kappa shape index (κ3) is 2.60. The zero-order chi connectivity index (χ0) is 11.4. The van der Waals surface area contributed by atoms with Gasteiger partial charge in [0, 0.05) is 11.8 Å². The Morgan fingerprint density at radius 3 is 2.56 bits per heavy atom. The van der Waals surface area contributed by atoms with Gasteiger partial charge in [0.25, 0.3) is 0 Å². The van der Waals surface area contributed by atoms with E-state index in [-0.39, 0.29) is 0 Å². The van der Waals surface area contributed by atoms with E-state index >= 15 is 0 Å². The molecule has 0 heterocycles. The number of benzene rings is 1. The van der Waals surface area contributed by atoms with Gasteiger partial charge in [0.2, 0.25) is 0 Å². The quantitative estimate of drug-likeness (QED) is 0.798. The first-order valence-corrected chi connectivity index (χ1v) is 5.90. The summed E-state index contributed by atoms with van der Waals surface area (Å²) in [4.78, 5) is 0. The van der Waals surface area contributed by atoms with Crippen molar-refractivity contribution in [3.63, 3.8) is 0 Å². The molecule has 1 aromatic carbocycles. The molecule has 0 bridgehead atoms. The minimum atomic E-state index is 0.324. The van der Waals surface area contributed by atoms with Gasteiger partial charge in [-0.2, -0.15) is 0 Å². The van der Waals surface area contributed by atoms with E-state index < -0.39 is 0 Å². The standard InChI is InChI=1S/C13H19NO2/c1-15-12-8-7-10(14)9-13(12)16-11-5-3-2-4-6-11/h7-9,11H,2-6,14H2,1H3. The number of anilines is 1. The minimum absolute atomic E-state index is 0.324. The molecule has 1 aliphatic rings. The van der Waals surface area contributed by atoms with Crippen molar-refractivity contribution in [3.8, 4) is 11.5 Å². The number of hydrogen-bond donors (Lipinski definition) is 1. The first-order valence-electron chi connectivity index (χ1n) is 5.90. The number of nitrogens with two attached hydrogens (primary N) is 1. The molecule has 1 aliphatic carbocycles. The lowest BCUT2D eigenvalue weighted by Crippen LogP contribution is -2.19. The SMILES string of the molecule is COc1ccc(N)cc1OC1CCCCC1. The number of rotatable bonds is 3. The monoisotopic (exact) mass is 221 g/mol. The van der Waals surface area contributed by atoms with Gasteiger partial charge in [-0.3, -0.25) is 0 Å². The Labute approximate surface area is 96.5 Å². The van der Waals surface area contributed by atoms with Gasteiger partial charge in [-0.05, 0) is 37.8 Å². The predicted molar refractivity (Wildman–Crippen MR) is 64.9 cm³/mol. The van der Waals surface area contributed by atoms with Gasteiger partial charge in [-0.15, -0.1) is 0 Å². The van der Waals surface area contributed by atoms with Gasteiger partial charge < -0.3 is 15.2 Å². The van der Waals surface area contributed by atoms with Crippen LogP contribution in [0.4, 0.5) is 5.69 Å². The summed E-state index contributed by atoms with van der Waals surface area (Å²) in [6, 6.07) is 5.52. The Morgan fingerprint density at radius 1 is 1.12 bits per heavy atom. The van der Waals surface area contributed by atoms with Crippen LogP contribution in [0.15, 0.2) is 18.2 Å². The zero-order valence-electron chi connectivity index (χ0n) is 9.74. The molecule has 2 rings (SSSR count). The fourth-order valence-corrected chi connectivity index (χ4v) is 2.15. The highest BCUT2D eigenvalue weighted by Gasteiger charge is 2.16. The van der Waals surface area contributed by atoms with Crippen LogP contribution in [-0.4, -0.2) is 13.2 Å². The Kier molecular flexibility index (Phi) is 3.54. The van der Waals surface area contributed by atoms with Crippen LogP contribution in [0, 0.1) is 0 Å². The molecule has 0 aliphatic heterocycles. The van der Waals surface area contributed by atoms with Crippen LogP contribution in [0.25, 0.3) is 0 Å². The van der Waals surface area contributed by atoms with Crippen LogP contribution in [0.2, 0.25) is 0 Å². The molecular weight excluding hydrogens is 202 g/mol. The van der Waals surface area contributed by atoms with Crippen LogP contribution in [0.1, 0.15) is 32.1 Å². The number of ether oxygens (including phenoxy) is 2. The molecule has 3 nitrogen and oxygen atoms in total. The highest BCUT2D eigenvalue weighted by molar-refractivity contribution is 5.52. The molecule has 0 saturated heterocycles. The molecule has 1 fully saturated rings. The maximum absolute atomic E-state index is 5.95. The summed E-state index contributed by atoms with van der Waals surface area (Å²) >= 11 is 0. The molecule has 1 saturated carbocycles. The van der Waals surface area contributed by atoms with E-state index in [0.29, 0.717) is 11.8 Å². The van der Waals surface area contributed by atoms with Gasteiger partial charge in [-0.25, -0.2) is 0 Å². The number of nitrogen functional groups attached to an aromatic ring is 1. The number of methoxy groups -OCH3 is 1. The molecule has 3 heteroatoms. The second-order valence-electron chi connectivity index (χ2n) is 4.29. The molecule has 16 heavy (non-hydrogen) atoms. The average Bonchev–Trinajstić information content (AvgIpc) is 2.31. The van der Waals surface area contributed by atoms with Crippen molar-refractivity contribution < 1.29 is 9.47 Å². The van der Waals surface area contributed by atoms with E-state index in [1.807, 2.05) is 18.2 Å².